The molecular formula is C77H82Cl2F5N3O22. The van der Waals surface area contributed by atoms with Crippen LogP contribution in [0.1, 0.15) is 91.8 Å². The summed E-state index contributed by atoms with van der Waals surface area (Å²) in [5, 5.41) is 38.9. The van der Waals surface area contributed by atoms with Crippen LogP contribution in [0.3, 0.4) is 0 Å². The number of halogens is 7. The number of aromatic hydroxyl groups is 1. The maximum Gasteiger partial charge on any atom is 0.422 e. The molecule has 3 aliphatic rings. The number of methoxy groups -OCH3 is 8. The van der Waals surface area contributed by atoms with Crippen molar-refractivity contribution in [1.82, 2.24) is 9.97 Å². The number of nitrogens with zero attached hydrogens (tertiary/aromatic N) is 2. The van der Waals surface area contributed by atoms with E-state index in [1.807, 2.05) is 0 Å². The smallest absolute Gasteiger partial charge is 0.422 e. The average molecular weight is 1570 g/mol. The minimum atomic E-state index is -5.19. The number of phenols is 1. The predicted molar refractivity (Wildman–Crippen MR) is 387 cm³/mol. The first kappa shape index (κ1) is 85.9. The van der Waals surface area contributed by atoms with Gasteiger partial charge in [-0.25, -0.2) is 33.1 Å². The zero-order valence-corrected chi connectivity index (χ0v) is 62.2. The molecule has 6 N–H and O–H groups in total. The number of carboxylic acids is 1. The van der Waals surface area contributed by atoms with Crippen LogP contribution in [0, 0.1) is 11.6 Å². The number of alkyl halides is 3. The monoisotopic (exact) mass is 1570 g/mol. The Morgan fingerprint density at radius 3 is 1.24 bits per heavy atom. The molecule has 586 valence electrons. The Balaban J connectivity index is 0.000000203. The first-order valence-electron chi connectivity index (χ1n) is 33.3. The van der Waals surface area contributed by atoms with Crippen LogP contribution in [0.15, 0.2) is 133 Å². The van der Waals surface area contributed by atoms with Gasteiger partial charge in [0.15, 0.2) is 51.8 Å². The van der Waals surface area contributed by atoms with Crippen molar-refractivity contribution in [1.29, 1.82) is 0 Å². The lowest BCUT2D eigenvalue weighted by Crippen LogP contribution is -2.43. The van der Waals surface area contributed by atoms with E-state index in [0.717, 1.165) is 25.0 Å². The third-order valence-electron chi connectivity index (χ3n) is 16.7. The number of ketones is 1. The summed E-state index contributed by atoms with van der Waals surface area (Å²) in [5.41, 5.74) is 2.62. The molecule has 3 saturated heterocycles. The number of hydrogen-bond donors (Lipinski definition) is 5. The Kier molecular flexibility index (Phi) is 31.7. The van der Waals surface area contributed by atoms with E-state index in [2.05, 4.69) is 19.4 Å². The van der Waals surface area contributed by atoms with Gasteiger partial charge in [0.1, 0.15) is 58.4 Å². The molecule has 6 aromatic carbocycles. The fourth-order valence-corrected chi connectivity index (χ4v) is 10.9. The lowest BCUT2D eigenvalue weighted by molar-refractivity contribution is -0.270. The lowest BCUT2D eigenvalue weighted by atomic mass is 9.89. The molecule has 0 spiro atoms. The quantitative estimate of drug-likeness (QED) is 0.0213. The number of aromatic nitrogens is 2. The van der Waals surface area contributed by atoms with Crippen LogP contribution < -0.4 is 48.4 Å². The molecule has 5 atom stereocenters. The molecule has 3 fully saturated rings. The van der Waals surface area contributed by atoms with Gasteiger partial charge in [-0.05, 0) is 147 Å². The van der Waals surface area contributed by atoms with E-state index in [0.29, 0.717) is 109 Å². The average Bonchev–Trinajstić information content (AvgIpc) is 1.25. The molecule has 0 radical (unpaired) electrons. The van der Waals surface area contributed by atoms with Crippen LogP contribution in [-0.4, -0.2) is 182 Å². The number of rotatable bonds is 24. The van der Waals surface area contributed by atoms with Crippen molar-refractivity contribution < 1.29 is 128 Å². The predicted octanol–water partition coefficient (Wildman–Crippen LogP) is 13.3. The number of esters is 2. The van der Waals surface area contributed by atoms with Gasteiger partial charge >= 0.3 is 24.1 Å². The normalized spacial score (nSPS) is 16.0. The Labute approximate surface area is 634 Å². The maximum absolute atomic E-state index is 14.3. The van der Waals surface area contributed by atoms with E-state index in [9.17, 15) is 56.4 Å². The fraction of sp³-hybridized carbons (Fsp3) is 0.351. The van der Waals surface area contributed by atoms with E-state index in [4.69, 9.17) is 90.9 Å². The maximum atomic E-state index is 14.3. The van der Waals surface area contributed by atoms with Crippen molar-refractivity contribution in [3.63, 3.8) is 0 Å². The molecular weight excluding hydrogens is 1480 g/mol. The van der Waals surface area contributed by atoms with Crippen molar-refractivity contribution in [2.45, 2.75) is 74.7 Å². The third kappa shape index (κ3) is 23.1. The molecule has 25 nitrogen and oxygen atoms in total. The van der Waals surface area contributed by atoms with Crippen molar-refractivity contribution >= 4 is 46.9 Å². The second kappa shape index (κ2) is 40.2. The van der Waals surface area contributed by atoms with Crippen LogP contribution in [-0.2, 0) is 34.9 Å². The van der Waals surface area contributed by atoms with Gasteiger partial charge in [0.2, 0.25) is 5.60 Å². The van der Waals surface area contributed by atoms with Crippen LogP contribution in [0.5, 0.6) is 57.5 Å². The number of aromatic carboxylic acids is 1. The number of aliphatic hydroxyl groups is 2. The summed E-state index contributed by atoms with van der Waals surface area (Å²) in [4.78, 5) is 54.6. The summed E-state index contributed by atoms with van der Waals surface area (Å²) < 4.78 is 143. The van der Waals surface area contributed by atoms with Gasteiger partial charge in [0, 0.05) is 48.9 Å². The molecule has 2 aromatic heterocycles. The molecule has 109 heavy (non-hydrogen) atoms. The van der Waals surface area contributed by atoms with Crippen LogP contribution in [0.4, 0.5) is 22.0 Å². The van der Waals surface area contributed by atoms with Crippen molar-refractivity contribution in [3.8, 4) is 80.0 Å². The van der Waals surface area contributed by atoms with Crippen molar-refractivity contribution in [3.05, 3.63) is 189 Å². The molecule has 5 unspecified atom stereocenters. The summed E-state index contributed by atoms with van der Waals surface area (Å²) in [7, 11) is 11.2. The largest absolute Gasteiger partial charge is 0.504 e. The van der Waals surface area contributed by atoms with E-state index >= 15 is 0 Å². The number of nitrogens with two attached hydrogens (primary N) is 1. The minimum absolute atomic E-state index is 0.00449. The number of Topliss-reactive ketones (excluding diaryl/α,β-unsaturated/α-hetero) is 1. The Bertz CT molecular complexity index is 4410. The van der Waals surface area contributed by atoms with E-state index < -0.39 is 71.2 Å². The topological polar surface area (TPSA) is 330 Å². The molecule has 3 aliphatic heterocycles. The molecule has 0 aliphatic carbocycles. The standard InChI is InChI=1S/C28H26ClF4NO6.C15H16ClFN2O2.C13H16O5.C12H14O5.C9H10O4/c1-37-23-7-8-25(34-26(23)17-3-5-20(30)19(29)13-17)27(36,28(31,32)33)11-9-21(35)16-4-6-22(24(14-16)38-2)40-18-10-12-39-15-18;1-15(20,8-18)13-6-5-12(21-2)14(19-13)9-3-4-11(17)10(16)7-9;1-15-12-7-9(13(14)16-2)3-4-11(12)18-10-5-6-17-8-10;1-15-11-6-8(12(13)14)2-3-10(11)17-9-4-5-16-7-9;1-12-8-5-6(9(11)13-2)3-4-7(8)10/h3-8,13-14,18,36H,9-12,15H2,1-2H3;3-7,20H,8,18H2,1-2H3;3-4,7,10H,5-6,8H2,1-2H3;2-3,6,9H,4-5,7H2,1H3,(H,13,14);3-5,10H,1-2H3. The van der Waals surface area contributed by atoms with Crippen molar-refractivity contribution in [2.75, 3.05) is 103 Å². The third-order valence-corrected chi connectivity index (χ3v) is 17.3. The van der Waals surface area contributed by atoms with E-state index in [1.54, 1.807) is 49.4 Å². The molecule has 0 saturated carbocycles. The number of phenolic OH excluding ortho intramolecular Hbond substituents is 1. The first-order valence-corrected chi connectivity index (χ1v) is 34.1. The summed E-state index contributed by atoms with van der Waals surface area (Å²) in [6.07, 6.45) is -4.60. The van der Waals surface area contributed by atoms with Gasteiger partial charge < -0.3 is 92.5 Å². The van der Waals surface area contributed by atoms with Crippen molar-refractivity contribution in [2.24, 2.45) is 5.73 Å². The number of ether oxygens (including phenoxy) is 14. The summed E-state index contributed by atoms with van der Waals surface area (Å²) in [5.74, 6) is -0.204. The van der Waals surface area contributed by atoms with Gasteiger partial charge in [-0.15, -0.1) is 0 Å². The highest BCUT2D eigenvalue weighted by Crippen LogP contribution is 2.45. The van der Waals surface area contributed by atoms with Gasteiger partial charge in [0.05, 0.1) is 135 Å². The highest BCUT2D eigenvalue weighted by molar-refractivity contribution is 6.31. The van der Waals surface area contributed by atoms with Gasteiger partial charge in [-0.3, -0.25) is 4.79 Å². The SMILES string of the molecule is COC(=O)c1ccc(O)c(OC)c1.COC(=O)c1ccc(OC2CCOC2)c(OC)c1.COc1cc(C(=O)CCC(O)(c2ccc(OC)c(-c3ccc(F)c(Cl)c3)n2)C(F)(F)F)ccc1OC1CCOC1.COc1cc(C(=O)O)ccc1OC1CCOC1.COc1ccc(C(C)(O)CN)nc1-c1ccc(F)c(Cl)c1. The van der Waals surface area contributed by atoms with Crippen LogP contribution >= 0.6 is 23.2 Å². The number of pyridine rings is 2. The van der Waals surface area contributed by atoms with Gasteiger partial charge in [-0.1, -0.05) is 23.2 Å². The molecule has 8 aromatic rings. The number of carboxylic acid groups (broad SMARTS) is 1. The Hall–Kier alpha value is -10.3. The number of benzene rings is 6. The second-order valence-electron chi connectivity index (χ2n) is 24.1. The van der Waals surface area contributed by atoms with Crippen LogP contribution in [0.25, 0.3) is 22.5 Å². The number of hydrogen-bond acceptors (Lipinski definition) is 24. The Morgan fingerprint density at radius 1 is 0.495 bits per heavy atom. The molecule has 5 heterocycles. The zero-order chi connectivity index (χ0) is 79.8. The highest BCUT2D eigenvalue weighted by atomic mass is 35.5. The number of carbonyl (C=O) groups is 4. The zero-order valence-electron chi connectivity index (χ0n) is 60.7. The lowest BCUT2D eigenvalue weighted by Gasteiger charge is -2.30. The number of carbonyl (C=O) groups excluding carboxylic acids is 3. The van der Waals surface area contributed by atoms with E-state index in [-0.39, 0.29) is 80.3 Å². The fourth-order valence-electron chi connectivity index (χ4n) is 10.5. The van der Waals surface area contributed by atoms with Gasteiger partial charge in [0.25, 0.3) is 0 Å². The first-order chi connectivity index (χ1) is 52.0. The second-order valence-corrected chi connectivity index (χ2v) is 24.9. The Morgan fingerprint density at radius 2 is 0.862 bits per heavy atom. The highest BCUT2D eigenvalue weighted by Gasteiger charge is 2.56. The summed E-state index contributed by atoms with van der Waals surface area (Å²) in [6.45, 7) is 5.13. The summed E-state index contributed by atoms with van der Waals surface area (Å²) in [6, 6.07) is 31.3. The minimum Gasteiger partial charge on any atom is -0.504 e. The van der Waals surface area contributed by atoms with Gasteiger partial charge in [-0.2, -0.15) is 13.2 Å². The molecule has 11 rings (SSSR count). The molecule has 0 amide bonds. The summed E-state index contributed by atoms with van der Waals surface area (Å²) >= 11 is 11.6. The van der Waals surface area contributed by atoms with Crippen LogP contribution in [0.2, 0.25) is 10.0 Å². The molecule has 0 bridgehead atoms. The van der Waals surface area contributed by atoms with E-state index in [1.165, 1.54) is 136 Å². The molecule has 32 heteroatoms.